The summed E-state index contributed by atoms with van der Waals surface area (Å²) in [7, 11) is 6.30. The van der Waals surface area contributed by atoms with Gasteiger partial charge in [-0.15, -0.1) is 0 Å². The predicted molar refractivity (Wildman–Crippen MR) is 146 cm³/mol. The van der Waals surface area contributed by atoms with Gasteiger partial charge in [-0.3, -0.25) is 9.59 Å². The minimum absolute atomic E-state index is 0.193. The van der Waals surface area contributed by atoms with E-state index >= 15 is 0 Å². The Morgan fingerprint density at radius 3 is 2.11 bits per heavy atom. The van der Waals surface area contributed by atoms with Gasteiger partial charge in [0, 0.05) is 23.2 Å². The van der Waals surface area contributed by atoms with Crippen LogP contribution in [0, 0.1) is 0 Å². The Kier molecular flexibility index (Phi) is 6.79. The highest BCUT2D eigenvalue weighted by Crippen LogP contribution is 2.41. The average Bonchev–Trinajstić information content (AvgIpc) is 2.97. The van der Waals surface area contributed by atoms with Crippen molar-refractivity contribution in [3.8, 4) is 45.4 Å². The number of fused-ring (bicyclic) bond motifs is 3. The molecule has 0 unspecified atom stereocenters. The zero-order valence-corrected chi connectivity index (χ0v) is 21.7. The SMILES string of the molecule is COc1ccc(-c2cc3n(c(=O)c2NC(=O)c2ccccc2)CCc2cc(OC)c(OC)cc2-3)cc1OC. The molecule has 0 fully saturated rings. The van der Waals surface area contributed by atoms with Gasteiger partial charge in [-0.2, -0.15) is 0 Å². The van der Waals surface area contributed by atoms with E-state index in [-0.39, 0.29) is 17.2 Å². The Morgan fingerprint density at radius 2 is 1.42 bits per heavy atom. The normalized spacial score (nSPS) is 11.7. The molecule has 0 aliphatic carbocycles. The van der Waals surface area contributed by atoms with E-state index in [1.807, 2.05) is 30.3 Å². The zero-order chi connectivity index (χ0) is 26.8. The number of carbonyl (C=O) groups excluding carboxylic acids is 1. The Labute approximate surface area is 220 Å². The number of pyridine rings is 1. The second kappa shape index (κ2) is 10.3. The van der Waals surface area contributed by atoms with Gasteiger partial charge in [-0.25, -0.2) is 0 Å². The number of anilines is 1. The second-order valence-electron chi connectivity index (χ2n) is 8.78. The number of nitrogens with zero attached hydrogens (tertiary/aromatic N) is 1. The maximum Gasteiger partial charge on any atom is 0.275 e. The van der Waals surface area contributed by atoms with Gasteiger partial charge in [0.1, 0.15) is 5.69 Å². The number of rotatable bonds is 7. The summed E-state index contributed by atoms with van der Waals surface area (Å²) in [6, 6.07) is 20.0. The molecule has 194 valence electrons. The van der Waals surface area contributed by atoms with E-state index < -0.39 is 0 Å². The van der Waals surface area contributed by atoms with E-state index in [4.69, 9.17) is 18.9 Å². The average molecular weight is 513 g/mol. The number of benzene rings is 3. The van der Waals surface area contributed by atoms with E-state index in [9.17, 15) is 9.59 Å². The van der Waals surface area contributed by atoms with E-state index in [0.29, 0.717) is 52.7 Å². The van der Waals surface area contributed by atoms with Crippen LogP contribution in [-0.2, 0) is 13.0 Å². The number of carbonyl (C=O) groups is 1. The largest absolute Gasteiger partial charge is 0.493 e. The van der Waals surface area contributed by atoms with Gasteiger partial charge >= 0.3 is 0 Å². The first-order chi connectivity index (χ1) is 18.5. The number of aromatic nitrogens is 1. The molecule has 0 saturated carbocycles. The van der Waals surface area contributed by atoms with Crippen LogP contribution in [0.2, 0.25) is 0 Å². The van der Waals surface area contributed by atoms with Crippen LogP contribution in [0.4, 0.5) is 5.69 Å². The first kappa shape index (κ1) is 25.0. The van der Waals surface area contributed by atoms with Crippen molar-refractivity contribution in [2.75, 3.05) is 33.8 Å². The fourth-order valence-electron chi connectivity index (χ4n) is 4.82. The summed E-state index contributed by atoms with van der Waals surface area (Å²) in [6.45, 7) is 0.455. The maximum atomic E-state index is 14.0. The third-order valence-electron chi connectivity index (χ3n) is 6.76. The van der Waals surface area contributed by atoms with Gasteiger partial charge in [-0.05, 0) is 60.0 Å². The molecule has 1 N–H and O–H groups in total. The Hall–Kier alpha value is -4.72. The van der Waals surface area contributed by atoms with Crippen LogP contribution < -0.4 is 29.8 Å². The molecule has 2 heterocycles. The molecular weight excluding hydrogens is 484 g/mol. The van der Waals surface area contributed by atoms with Crippen molar-refractivity contribution >= 4 is 11.6 Å². The van der Waals surface area contributed by atoms with E-state index in [1.54, 1.807) is 69.4 Å². The number of hydrogen-bond acceptors (Lipinski definition) is 6. The molecule has 0 atom stereocenters. The van der Waals surface area contributed by atoms with E-state index in [2.05, 4.69) is 5.32 Å². The standard InChI is InChI=1S/C30H28N2O6/c1-35-24-11-10-19(14-25(24)36-2)22-16-23-21-17-27(38-4)26(37-3)15-20(21)12-13-32(23)30(34)28(22)31-29(33)18-8-6-5-7-9-18/h5-11,14-17H,12-13H2,1-4H3,(H,31,33). The number of aryl methyl sites for hydroxylation is 1. The molecule has 4 aromatic rings. The third-order valence-corrected chi connectivity index (χ3v) is 6.76. The summed E-state index contributed by atoms with van der Waals surface area (Å²) in [4.78, 5) is 27.1. The van der Waals surface area contributed by atoms with Crippen molar-refractivity contribution in [3.05, 3.63) is 88.2 Å². The van der Waals surface area contributed by atoms with Crippen LogP contribution in [-0.4, -0.2) is 38.9 Å². The van der Waals surface area contributed by atoms with Gasteiger partial charge in [0.2, 0.25) is 0 Å². The molecular formula is C30H28N2O6. The summed E-state index contributed by atoms with van der Waals surface area (Å²) in [5.74, 6) is 1.90. The van der Waals surface area contributed by atoms with E-state index in [1.165, 1.54) is 0 Å². The molecule has 0 spiro atoms. The lowest BCUT2D eigenvalue weighted by Gasteiger charge is -2.26. The van der Waals surface area contributed by atoms with Crippen molar-refractivity contribution in [1.82, 2.24) is 4.57 Å². The number of nitrogens with one attached hydrogen (secondary N) is 1. The third kappa shape index (κ3) is 4.34. The van der Waals surface area contributed by atoms with Gasteiger partial charge in [0.15, 0.2) is 23.0 Å². The van der Waals surface area contributed by atoms with Crippen LogP contribution >= 0.6 is 0 Å². The van der Waals surface area contributed by atoms with Gasteiger partial charge in [-0.1, -0.05) is 24.3 Å². The summed E-state index contributed by atoms with van der Waals surface area (Å²) in [6.07, 6.45) is 0.629. The first-order valence-corrected chi connectivity index (χ1v) is 12.1. The number of amides is 1. The van der Waals surface area contributed by atoms with E-state index in [0.717, 1.165) is 16.8 Å². The lowest BCUT2D eigenvalue weighted by atomic mass is 9.93. The highest BCUT2D eigenvalue weighted by Gasteiger charge is 2.25. The number of ether oxygens (including phenoxy) is 4. The van der Waals surface area contributed by atoms with Gasteiger partial charge < -0.3 is 28.8 Å². The summed E-state index contributed by atoms with van der Waals surface area (Å²) < 4.78 is 23.6. The fraction of sp³-hybridized carbons (Fsp3) is 0.200. The molecule has 8 heteroatoms. The second-order valence-corrected chi connectivity index (χ2v) is 8.78. The van der Waals surface area contributed by atoms with Crippen molar-refractivity contribution in [2.24, 2.45) is 0 Å². The van der Waals surface area contributed by atoms with Crippen molar-refractivity contribution < 1.29 is 23.7 Å². The lowest BCUT2D eigenvalue weighted by molar-refractivity contribution is 0.102. The summed E-state index contributed by atoms with van der Waals surface area (Å²) >= 11 is 0. The molecule has 0 saturated heterocycles. The Balaban J connectivity index is 1.74. The minimum Gasteiger partial charge on any atom is -0.493 e. The fourth-order valence-corrected chi connectivity index (χ4v) is 4.82. The molecule has 1 aliphatic rings. The van der Waals surface area contributed by atoms with Crippen LogP contribution in [0.1, 0.15) is 15.9 Å². The molecule has 0 radical (unpaired) electrons. The Bertz CT molecular complexity index is 1580. The summed E-state index contributed by atoms with van der Waals surface area (Å²) in [5.41, 5.74) is 4.24. The van der Waals surface area contributed by atoms with Crippen LogP contribution in [0.15, 0.2) is 71.5 Å². The highest BCUT2D eigenvalue weighted by molar-refractivity contribution is 6.06. The first-order valence-electron chi connectivity index (χ1n) is 12.1. The van der Waals surface area contributed by atoms with Crippen LogP contribution in [0.3, 0.4) is 0 Å². The Morgan fingerprint density at radius 1 is 0.763 bits per heavy atom. The van der Waals surface area contributed by atoms with Crippen molar-refractivity contribution in [3.63, 3.8) is 0 Å². The number of hydrogen-bond donors (Lipinski definition) is 1. The highest BCUT2D eigenvalue weighted by atomic mass is 16.5. The monoisotopic (exact) mass is 512 g/mol. The molecule has 38 heavy (non-hydrogen) atoms. The molecule has 8 nitrogen and oxygen atoms in total. The molecule has 0 bridgehead atoms. The van der Waals surface area contributed by atoms with Gasteiger partial charge in [0.05, 0.1) is 34.1 Å². The molecule has 1 aromatic heterocycles. The van der Waals surface area contributed by atoms with Crippen molar-refractivity contribution in [1.29, 1.82) is 0 Å². The lowest BCUT2D eigenvalue weighted by Crippen LogP contribution is -2.30. The molecule has 5 rings (SSSR count). The maximum absolute atomic E-state index is 14.0. The molecule has 1 aliphatic heterocycles. The van der Waals surface area contributed by atoms with Crippen LogP contribution in [0.25, 0.3) is 22.4 Å². The number of methoxy groups -OCH3 is 4. The molecule has 3 aromatic carbocycles. The molecule has 1 amide bonds. The topological polar surface area (TPSA) is 88.0 Å². The predicted octanol–water partition coefficient (Wildman–Crippen LogP) is 5.03. The minimum atomic E-state index is -0.368. The smallest absolute Gasteiger partial charge is 0.275 e. The quantitative estimate of drug-likeness (QED) is 0.374. The van der Waals surface area contributed by atoms with Gasteiger partial charge in [0.25, 0.3) is 11.5 Å². The van der Waals surface area contributed by atoms with Crippen LogP contribution in [0.5, 0.6) is 23.0 Å². The summed E-state index contributed by atoms with van der Waals surface area (Å²) in [5, 5.41) is 2.89. The van der Waals surface area contributed by atoms with Crippen molar-refractivity contribution in [2.45, 2.75) is 13.0 Å². The zero-order valence-electron chi connectivity index (χ0n) is 21.7.